The molecule has 1 aliphatic rings. The molecule has 26 heavy (non-hydrogen) atoms. The second kappa shape index (κ2) is 5.94. The summed E-state index contributed by atoms with van der Waals surface area (Å²) >= 11 is 0. The van der Waals surface area contributed by atoms with Crippen LogP contribution in [0, 0.1) is 5.92 Å². The summed E-state index contributed by atoms with van der Waals surface area (Å²) < 4.78 is 25.9. The van der Waals surface area contributed by atoms with Crippen molar-refractivity contribution in [2.75, 3.05) is 0 Å². The highest BCUT2D eigenvalue weighted by Gasteiger charge is 2.36. The Hall–Kier alpha value is -2.15. The number of hydrogen-bond donors (Lipinski definition) is 3. The van der Waals surface area contributed by atoms with Crippen LogP contribution in [0.4, 0.5) is 0 Å². The van der Waals surface area contributed by atoms with Gasteiger partial charge in [-0.25, -0.2) is 8.42 Å². The Bertz CT molecular complexity index is 1070. The van der Waals surface area contributed by atoms with Crippen molar-refractivity contribution in [3.8, 4) is 0 Å². The number of sulfone groups is 1. The molecule has 3 aromatic rings. The predicted molar refractivity (Wildman–Crippen MR) is 102 cm³/mol. The van der Waals surface area contributed by atoms with Gasteiger partial charge in [0.2, 0.25) is 9.84 Å². The zero-order valence-electron chi connectivity index (χ0n) is 14.7. The van der Waals surface area contributed by atoms with Gasteiger partial charge in [0, 0.05) is 10.9 Å². The summed E-state index contributed by atoms with van der Waals surface area (Å²) in [5.74, 6) is 0.394. The van der Waals surface area contributed by atoms with Crippen LogP contribution < -0.4 is 11.5 Å². The van der Waals surface area contributed by atoms with Gasteiger partial charge in [0.25, 0.3) is 0 Å². The largest absolute Gasteiger partial charge is 0.356 e. The monoisotopic (exact) mass is 369 g/mol. The van der Waals surface area contributed by atoms with E-state index < -0.39 is 15.5 Å². The second-order valence-electron chi connectivity index (χ2n) is 7.23. The molecule has 0 spiro atoms. The van der Waals surface area contributed by atoms with E-state index in [1.165, 1.54) is 0 Å². The van der Waals surface area contributed by atoms with Crippen molar-refractivity contribution in [2.24, 2.45) is 17.4 Å². The molecule has 2 aromatic carbocycles. The molecule has 1 aliphatic carbocycles. The molecule has 4 rings (SSSR count). The normalized spacial score (nSPS) is 19.4. The van der Waals surface area contributed by atoms with Crippen LogP contribution in [-0.4, -0.2) is 13.4 Å². The minimum atomic E-state index is -3.56. The Balaban J connectivity index is 1.89. The predicted octanol–water partition coefficient (Wildman–Crippen LogP) is 3.04. The lowest BCUT2D eigenvalue weighted by Crippen LogP contribution is -2.50. The average molecular weight is 369 g/mol. The molecular weight excluding hydrogens is 346 g/mol. The van der Waals surface area contributed by atoms with Gasteiger partial charge >= 0.3 is 0 Å². The SMILES string of the molecule is CCC1Cc2c([nH]c3ccc(S(=O)(=O)c4ccccc4)cc23)C(N)(N)C1. The number of hydrogen-bond acceptors (Lipinski definition) is 4. The quantitative estimate of drug-likeness (QED) is 0.618. The van der Waals surface area contributed by atoms with Crippen molar-refractivity contribution >= 4 is 20.7 Å². The summed E-state index contributed by atoms with van der Waals surface area (Å²) in [5, 5.41) is 0.899. The Labute approximate surface area is 153 Å². The molecule has 0 saturated carbocycles. The lowest BCUT2D eigenvalue weighted by atomic mass is 9.79. The van der Waals surface area contributed by atoms with Gasteiger partial charge in [0.15, 0.2) is 0 Å². The third kappa shape index (κ3) is 2.65. The van der Waals surface area contributed by atoms with Gasteiger partial charge in [0.1, 0.15) is 5.66 Å². The van der Waals surface area contributed by atoms with E-state index in [-0.39, 0.29) is 4.90 Å². The third-order valence-electron chi connectivity index (χ3n) is 5.40. The molecule has 1 heterocycles. The van der Waals surface area contributed by atoms with E-state index in [0.717, 1.165) is 41.4 Å². The number of aromatic nitrogens is 1. The molecule has 0 bridgehead atoms. The zero-order chi connectivity index (χ0) is 18.5. The first-order chi connectivity index (χ1) is 12.3. The standard InChI is InChI=1S/C20H23N3O2S/c1-2-13-10-17-16-11-15(26(24,25)14-6-4-3-5-7-14)8-9-18(16)23-19(17)20(21,22)12-13/h3-9,11,13,23H,2,10,12,21-22H2,1H3. The van der Waals surface area contributed by atoms with E-state index >= 15 is 0 Å². The molecule has 5 nitrogen and oxygen atoms in total. The number of benzene rings is 2. The fourth-order valence-corrected chi connectivity index (χ4v) is 5.28. The van der Waals surface area contributed by atoms with Gasteiger partial charge in [0.05, 0.1) is 15.5 Å². The molecule has 0 fully saturated rings. The van der Waals surface area contributed by atoms with Gasteiger partial charge < -0.3 is 16.5 Å². The number of fused-ring (bicyclic) bond motifs is 3. The Morgan fingerprint density at radius 1 is 1.12 bits per heavy atom. The van der Waals surface area contributed by atoms with E-state index in [1.54, 1.807) is 48.5 Å². The summed E-state index contributed by atoms with van der Waals surface area (Å²) in [4.78, 5) is 3.91. The second-order valence-corrected chi connectivity index (χ2v) is 9.18. The minimum Gasteiger partial charge on any atom is -0.356 e. The molecule has 6 heteroatoms. The summed E-state index contributed by atoms with van der Waals surface area (Å²) in [6.45, 7) is 2.13. The maximum atomic E-state index is 13.0. The van der Waals surface area contributed by atoms with Crippen molar-refractivity contribution < 1.29 is 8.42 Å². The first-order valence-electron chi connectivity index (χ1n) is 8.86. The highest BCUT2D eigenvalue weighted by Crippen LogP contribution is 2.39. The highest BCUT2D eigenvalue weighted by atomic mass is 32.2. The molecule has 1 aromatic heterocycles. The summed E-state index contributed by atoms with van der Waals surface area (Å²) in [6.07, 6.45) is 2.57. The van der Waals surface area contributed by atoms with E-state index in [9.17, 15) is 8.42 Å². The fraction of sp³-hybridized carbons (Fsp3) is 0.300. The van der Waals surface area contributed by atoms with Crippen LogP contribution in [0.2, 0.25) is 0 Å². The number of rotatable bonds is 3. The number of H-pyrrole nitrogens is 1. The number of nitrogens with two attached hydrogens (primary N) is 2. The van der Waals surface area contributed by atoms with E-state index in [0.29, 0.717) is 10.8 Å². The lowest BCUT2D eigenvalue weighted by molar-refractivity contribution is 0.289. The van der Waals surface area contributed by atoms with E-state index in [2.05, 4.69) is 11.9 Å². The third-order valence-corrected chi connectivity index (χ3v) is 7.17. The van der Waals surface area contributed by atoms with Crippen LogP contribution in [-0.2, 0) is 21.9 Å². The van der Waals surface area contributed by atoms with Crippen LogP contribution in [0.25, 0.3) is 10.9 Å². The highest BCUT2D eigenvalue weighted by molar-refractivity contribution is 7.91. The first kappa shape index (κ1) is 17.3. The number of nitrogens with one attached hydrogen (secondary N) is 1. The van der Waals surface area contributed by atoms with Crippen molar-refractivity contribution in [2.45, 2.75) is 41.6 Å². The topological polar surface area (TPSA) is 102 Å². The molecule has 0 aliphatic heterocycles. The summed E-state index contributed by atoms with van der Waals surface area (Å²) in [5.41, 5.74) is 14.6. The van der Waals surface area contributed by atoms with E-state index in [1.807, 2.05) is 0 Å². The fourth-order valence-electron chi connectivity index (χ4n) is 3.97. The van der Waals surface area contributed by atoms with E-state index in [4.69, 9.17) is 11.5 Å². The van der Waals surface area contributed by atoms with Gasteiger partial charge in [-0.2, -0.15) is 0 Å². The smallest absolute Gasteiger partial charge is 0.206 e. The molecule has 136 valence electrons. The summed E-state index contributed by atoms with van der Waals surface area (Å²) in [6, 6.07) is 13.7. The zero-order valence-corrected chi connectivity index (χ0v) is 15.5. The van der Waals surface area contributed by atoms with Gasteiger partial charge in [-0.15, -0.1) is 0 Å². The van der Waals surface area contributed by atoms with Crippen molar-refractivity contribution in [3.63, 3.8) is 0 Å². The maximum Gasteiger partial charge on any atom is 0.206 e. The molecule has 0 radical (unpaired) electrons. The molecular formula is C20H23N3O2S. The Morgan fingerprint density at radius 2 is 1.85 bits per heavy atom. The Morgan fingerprint density at radius 3 is 2.54 bits per heavy atom. The molecule has 1 unspecified atom stereocenters. The maximum absolute atomic E-state index is 13.0. The van der Waals surface area contributed by atoms with Crippen LogP contribution >= 0.6 is 0 Å². The van der Waals surface area contributed by atoms with Crippen molar-refractivity contribution in [1.82, 2.24) is 4.98 Å². The molecule has 1 atom stereocenters. The number of aromatic amines is 1. The van der Waals surface area contributed by atoms with Crippen molar-refractivity contribution in [3.05, 3.63) is 59.8 Å². The summed E-state index contributed by atoms with van der Waals surface area (Å²) in [7, 11) is -3.56. The van der Waals surface area contributed by atoms with Crippen LogP contribution in [0.3, 0.4) is 0 Å². The van der Waals surface area contributed by atoms with Crippen LogP contribution in [0.15, 0.2) is 58.3 Å². The van der Waals surface area contributed by atoms with Gasteiger partial charge in [-0.1, -0.05) is 31.5 Å². The minimum absolute atomic E-state index is 0.288. The molecule has 5 N–H and O–H groups in total. The molecule has 0 saturated heterocycles. The molecule has 0 amide bonds. The van der Waals surface area contributed by atoms with Gasteiger partial charge in [-0.05, 0) is 54.7 Å². The van der Waals surface area contributed by atoms with Crippen LogP contribution in [0.1, 0.15) is 31.0 Å². The lowest BCUT2D eigenvalue weighted by Gasteiger charge is -2.34. The van der Waals surface area contributed by atoms with Crippen molar-refractivity contribution in [1.29, 1.82) is 0 Å². The average Bonchev–Trinajstić information content (AvgIpc) is 3.01. The Kier molecular flexibility index (Phi) is 3.95. The first-order valence-corrected chi connectivity index (χ1v) is 10.3. The van der Waals surface area contributed by atoms with Crippen LogP contribution in [0.5, 0.6) is 0 Å². The van der Waals surface area contributed by atoms with Gasteiger partial charge in [-0.3, -0.25) is 0 Å².